The number of ether oxygens (including phenoxy) is 1. The van der Waals surface area contributed by atoms with Gasteiger partial charge in [0.05, 0.1) is 16.1 Å². The number of carbonyl (C=O) groups excluding carboxylic acids is 2. The molecule has 0 unspecified atom stereocenters. The summed E-state index contributed by atoms with van der Waals surface area (Å²) >= 11 is 0. The average molecular weight is 394 g/mol. The van der Waals surface area contributed by atoms with Crippen LogP contribution in [-0.4, -0.2) is 45.3 Å². The van der Waals surface area contributed by atoms with E-state index in [1.54, 1.807) is 13.0 Å². The molecule has 9 heteroatoms. The molecular formula is C18H19FN2O5S. The highest BCUT2D eigenvalue weighted by atomic mass is 32.2. The van der Waals surface area contributed by atoms with Gasteiger partial charge in [0.2, 0.25) is 10.0 Å². The Morgan fingerprint density at radius 3 is 2.48 bits per heavy atom. The van der Waals surface area contributed by atoms with Crippen molar-refractivity contribution in [3.63, 3.8) is 0 Å². The molecular weight excluding hydrogens is 375 g/mol. The Hall–Kier alpha value is -2.78. The first-order valence-corrected chi connectivity index (χ1v) is 9.31. The van der Waals surface area contributed by atoms with E-state index in [9.17, 15) is 22.4 Å². The number of sulfonamides is 1. The minimum absolute atomic E-state index is 0.0211. The zero-order chi connectivity index (χ0) is 20.2. The third kappa shape index (κ3) is 5.11. The van der Waals surface area contributed by atoms with E-state index in [1.807, 2.05) is 0 Å². The summed E-state index contributed by atoms with van der Waals surface area (Å²) in [6.45, 7) is 1.07. The molecule has 0 fully saturated rings. The van der Waals surface area contributed by atoms with Crippen LogP contribution in [0.1, 0.15) is 15.9 Å². The quantitative estimate of drug-likeness (QED) is 0.758. The van der Waals surface area contributed by atoms with E-state index in [2.05, 4.69) is 5.32 Å². The summed E-state index contributed by atoms with van der Waals surface area (Å²) in [5.41, 5.74) is 0.650. The summed E-state index contributed by atoms with van der Waals surface area (Å²) in [5.74, 6) is -2.19. The number of halogens is 1. The van der Waals surface area contributed by atoms with E-state index in [-0.39, 0.29) is 16.1 Å². The van der Waals surface area contributed by atoms with Gasteiger partial charge in [-0.05, 0) is 42.8 Å². The summed E-state index contributed by atoms with van der Waals surface area (Å²) in [4.78, 5) is 23.8. The minimum Gasteiger partial charge on any atom is -0.452 e. The molecule has 144 valence electrons. The van der Waals surface area contributed by atoms with E-state index in [0.29, 0.717) is 5.56 Å². The zero-order valence-electron chi connectivity index (χ0n) is 15.0. The Balaban J connectivity index is 2.02. The van der Waals surface area contributed by atoms with Gasteiger partial charge < -0.3 is 10.1 Å². The maximum Gasteiger partial charge on any atom is 0.338 e. The lowest BCUT2D eigenvalue weighted by Gasteiger charge is -2.12. The van der Waals surface area contributed by atoms with Crippen molar-refractivity contribution in [1.29, 1.82) is 0 Å². The molecule has 2 aromatic rings. The summed E-state index contributed by atoms with van der Waals surface area (Å²) in [6, 6.07) is 9.57. The van der Waals surface area contributed by atoms with Gasteiger partial charge in [-0.1, -0.05) is 12.1 Å². The molecule has 0 heterocycles. The van der Waals surface area contributed by atoms with Gasteiger partial charge in [0, 0.05) is 14.1 Å². The summed E-state index contributed by atoms with van der Waals surface area (Å²) in [7, 11) is -0.969. The van der Waals surface area contributed by atoms with Crippen molar-refractivity contribution in [1.82, 2.24) is 4.31 Å². The van der Waals surface area contributed by atoms with Crippen molar-refractivity contribution in [3.05, 3.63) is 59.4 Å². The van der Waals surface area contributed by atoms with Crippen molar-refractivity contribution in [2.45, 2.75) is 11.8 Å². The molecule has 1 amide bonds. The van der Waals surface area contributed by atoms with Crippen molar-refractivity contribution in [2.75, 3.05) is 26.0 Å². The monoisotopic (exact) mass is 394 g/mol. The number of hydrogen-bond acceptors (Lipinski definition) is 5. The standard InChI is InChI=1S/C18H19FN2O5S/c1-12-7-8-16(15(19)9-12)20-17(22)11-26-18(23)13-5-4-6-14(10-13)27(24,25)21(2)3/h4-10H,11H2,1-3H3,(H,20,22). The van der Waals surface area contributed by atoms with Gasteiger partial charge >= 0.3 is 5.97 Å². The fraction of sp³-hybridized carbons (Fsp3) is 0.222. The molecule has 0 spiro atoms. The average Bonchev–Trinajstić information content (AvgIpc) is 2.62. The van der Waals surface area contributed by atoms with Crippen LogP contribution < -0.4 is 5.32 Å². The van der Waals surface area contributed by atoms with Crippen LogP contribution in [0.25, 0.3) is 0 Å². The number of anilines is 1. The Labute approximate surface area is 156 Å². The van der Waals surface area contributed by atoms with Gasteiger partial charge in [-0.2, -0.15) is 0 Å². The largest absolute Gasteiger partial charge is 0.452 e. The first kappa shape index (κ1) is 20.5. The van der Waals surface area contributed by atoms with Gasteiger partial charge in [-0.25, -0.2) is 21.9 Å². The molecule has 0 aliphatic carbocycles. The van der Waals surface area contributed by atoms with Crippen LogP contribution in [0.5, 0.6) is 0 Å². The van der Waals surface area contributed by atoms with Gasteiger partial charge in [-0.15, -0.1) is 0 Å². The van der Waals surface area contributed by atoms with Crippen molar-refractivity contribution in [3.8, 4) is 0 Å². The van der Waals surface area contributed by atoms with Crippen LogP contribution in [0.2, 0.25) is 0 Å². The lowest BCUT2D eigenvalue weighted by Crippen LogP contribution is -2.23. The number of carbonyl (C=O) groups is 2. The number of aryl methyl sites for hydroxylation is 1. The van der Waals surface area contributed by atoms with E-state index in [0.717, 1.165) is 10.4 Å². The van der Waals surface area contributed by atoms with Crippen LogP contribution in [0.15, 0.2) is 47.4 Å². The molecule has 1 N–H and O–H groups in total. The van der Waals surface area contributed by atoms with Gasteiger partial charge in [-0.3, -0.25) is 4.79 Å². The maximum atomic E-state index is 13.7. The summed E-state index contributed by atoms with van der Waals surface area (Å²) in [5, 5.41) is 2.30. The molecule has 2 rings (SSSR count). The minimum atomic E-state index is -3.71. The second-order valence-corrected chi connectivity index (χ2v) is 8.07. The molecule has 0 aliphatic heterocycles. The summed E-state index contributed by atoms with van der Waals surface area (Å²) < 4.78 is 43.8. The number of rotatable bonds is 6. The predicted octanol–water partition coefficient (Wildman–Crippen LogP) is 2.18. The highest BCUT2D eigenvalue weighted by Crippen LogP contribution is 2.16. The highest BCUT2D eigenvalue weighted by Gasteiger charge is 2.19. The Morgan fingerprint density at radius 2 is 1.85 bits per heavy atom. The Kier molecular flexibility index (Phi) is 6.29. The number of benzene rings is 2. The normalized spacial score (nSPS) is 11.3. The summed E-state index contributed by atoms with van der Waals surface area (Å²) in [6.07, 6.45) is 0. The van der Waals surface area contributed by atoms with E-state index >= 15 is 0 Å². The molecule has 27 heavy (non-hydrogen) atoms. The van der Waals surface area contributed by atoms with Crippen molar-refractivity contribution in [2.24, 2.45) is 0 Å². The predicted molar refractivity (Wildman–Crippen MR) is 97.4 cm³/mol. The van der Waals surface area contributed by atoms with Crippen LogP contribution >= 0.6 is 0 Å². The van der Waals surface area contributed by atoms with Crippen LogP contribution in [0.4, 0.5) is 10.1 Å². The maximum absolute atomic E-state index is 13.7. The van der Waals surface area contributed by atoms with Crippen molar-refractivity contribution < 1.29 is 27.1 Å². The highest BCUT2D eigenvalue weighted by molar-refractivity contribution is 7.89. The molecule has 2 aromatic carbocycles. The fourth-order valence-corrected chi connectivity index (χ4v) is 3.06. The number of esters is 1. The number of nitrogens with one attached hydrogen (secondary N) is 1. The zero-order valence-corrected chi connectivity index (χ0v) is 15.8. The third-order valence-corrected chi connectivity index (χ3v) is 5.39. The van der Waals surface area contributed by atoms with E-state index in [1.165, 1.54) is 44.4 Å². The molecule has 0 radical (unpaired) electrons. The molecule has 7 nitrogen and oxygen atoms in total. The second-order valence-electron chi connectivity index (χ2n) is 5.92. The lowest BCUT2D eigenvalue weighted by atomic mass is 10.2. The Bertz CT molecular complexity index is 973. The molecule has 0 atom stereocenters. The van der Waals surface area contributed by atoms with E-state index in [4.69, 9.17) is 4.74 Å². The topological polar surface area (TPSA) is 92.8 Å². The number of nitrogens with zero attached hydrogens (tertiary/aromatic N) is 1. The van der Waals surface area contributed by atoms with Crippen LogP contribution in [-0.2, 0) is 19.6 Å². The van der Waals surface area contributed by atoms with Gasteiger partial charge in [0.15, 0.2) is 6.61 Å². The SMILES string of the molecule is Cc1ccc(NC(=O)COC(=O)c2cccc(S(=O)(=O)N(C)C)c2)c(F)c1. The molecule has 0 saturated carbocycles. The molecule has 0 saturated heterocycles. The first-order chi connectivity index (χ1) is 12.6. The van der Waals surface area contributed by atoms with E-state index < -0.39 is 34.3 Å². The first-order valence-electron chi connectivity index (χ1n) is 7.87. The smallest absolute Gasteiger partial charge is 0.338 e. The fourth-order valence-electron chi connectivity index (χ4n) is 2.12. The third-order valence-electron chi connectivity index (χ3n) is 3.58. The van der Waals surface area contributed by atoms with Crippen LogP contribution in [0.3, 0.4) is 0 Å². The molecule has 0 aromatic heterocycles. The lowest BCUT2D eigenvalue weighted by molar-refractivity contribution is -0.119. The van der Waals surface area contributed by atoms with Gasteiger partial charge in [0.1, 0.15) is 5.82 Å². The second kappa shape index (κ2) is 8.28. The van der Waals surface area contributed by atoms with Crippen LogP contribution in [0, 0.1) is 12.7 Å². The van der Waals surface area contributed by atoms with Crippen molar-refractivity contribution >= 4 is 27.6 Å². The molecule has 0 aliphatic rings. The van der Waals surface area contributed by atoms with Gasteiger partial charge in [0.25, 0.3) is 5.91 Å². The Morgan fingerprint density at radius 1 is 1.15 bits per heavy atom. The number of amides is 1. The number of hydrogen-bond donors (Lipinski definition) is 1. The molecule has 0 bridgehead atoms.